The Morgan fingerprint density at radius 1 is 1.20 bits per heavy atom. The minimum atomic E-state index is -3.79. The number of rotatable bonds is 7. The number of esters is 1. The number of amides is 1. The van der Waals surface area contributed by atoms with Crippen molar-refractivity contribution in [2.45, 2.75) is 39.3 Å². The number of sulfonamides is 1. The van der Waals surface area contributed by atoms with E-state index in [2.05, 4.69) is 10.0 Å². The molecule has 0 bridgehead atoms. The Hall–Kier alpha value is -2.19. The third-order valence-corrected chi connectivity index (χ3v) is 3.87. The second kappa shape index (κ2) is 8.77. The van der Waals surface area contributed by atoms with E-state index in [0.29, 0.717) is 5.56 Å². The minimum Gasteiger partial charge on any atom is -0.452 e. The van der Waals surface area contributed by atoms with Gasteiger partial charge in [-0.15, -0.1) is 0 Å². The van der Waals surface area contributed by atoms with Crippen LogP contribution in [0.3, 0.4) is 0 Å². The van der Waals surface area contributed by atoms with Crippen molar-refractivity contribution < 1.29 is 22.7 Å². The van der Waals surface area contributed by atoms with Crippen LogP contribution in [0.1, 0.15) is 33.3 Å². The first-order chi connectivity index (χ1) is 11.5. The molecule has 8 heteroatoms. The maximum absolute atomic E-state index is 11.8. The number of ether oxygens (including phenoxy) is 1. The van der Waals surface area contributed by atoms with Gasteiger partial charge in [0.1, 0.15) is 6.54 Å². The van der Waals surface area contributed by atoms with Crippen molar-refractivity contribution in [2.24, 2.45) is 0 Å². The summed E-state index contributed by atoms with van der Waals surface area (Å²) in [5.74, 6) is -1.29. The minimum absolute atomic E-state index is 0.451. The van der Waals surface area contributed by atoms with Gasteiger partial charge in [0.05, 0.1) is 0 Å². The first-order valence-corrected chi connectivity index (χ1v) is 9.27. The summed E-state index contributed by atoms with van der Waals surface area (Å²) >= 11 is 0. The summed E-state index contributed by atoms with van der Waals surface area (Å²) < 4.78 is 30.7. The predicted octanol–water partition coefficient (Wildman–Crippen LogP) is 1.42. The van der Waals surface area contributed by atoms with E-state index in [0.717, 1.165) is 5.41 Å². The highest BCUT2D eigenvalue weighted by Crippen LogP contribution is 2.03. The van der Waals surface area contributed by atoms with Gasteiger partial charge in [-0.2, -0.15) is 0 Å². The van der Waals surface area contributed by atoms with E-state index in [1.54, 1.807) is 45.0 Å². The molecule has 0 aliphatic heterocycles. The molecule has 0 aromatic heterocycles. The Morgan fingerprint density at radius 3 is 2.36 bits per heavy atom. The maximum atomic E-state index is 11.8. The summed E-state index contributed by atoms with van der Waals surface area (Å²) in [4.78, 5) is 23.5. The molecule has 0 unspecified atom stereocenters. The number of hydrogen-bond donors (Lipinski definition) is 2. The molecule has 0 aliphatic rings. The zero-order valence-corrected chi connectivity index (χ0v) is 15.6. The quantitative estimate of drug-likeness (QED) is 0.709. The molecule has 0 fully saturated rings. The molecule has 25 heavy (non-hydrogen) atoms. The van der Waals surface area contributed by atoms with Crippen molar-refractivity contribution in [2.75, 3.05) is 6.54 Å². The van der Waals surface area contributed by atoms with Crippen LogP contribution in [-0.4, -0.2) is 38.5 Å². The fourth-order valence-corrected chi connectivity index (χ4v) is 2.46. The molecule has 0 radical (unpaired) electrons. The van der Waals surface area contributed by atoms with Gasteiger partial charge in [0.2, 0.25) is 10.0 Å². The molecule has 1 rings (SSSR count). The van der Waals surface area contributed by atoms with Crippen LogP contribution in [0.5, 0.6) is 0 Å². The fourth-order valence-electron chi connectivity index (χ4n) is 1.70. The standard InChI is InChI=1S/C17H24N2O5S/c1-13(16(21)19-17(2,3)4)24-15(20)12-18-25(22,23)11-10-14-8-6-5-7-9-14/h5-11,13,18H,12H2,1-4H3,(H,19,21)/b11-10+/t13-/m0/s1. The number of carbonyl (C=O) groups excluding carboxylic acids is 2. The van der Waals surface area contributed by atoms with E-state index in [-0.39, 0.29) is 0 Å². The van der Waals surface area contributed by atoms with Gasteiger partial charge in [0.25, 0.3) is 5.91 Å². The van der Waals surface area contributed by atoms with Crippen LogP contribution in [0.2, 0.25) is 0 Å². The smallest absolute Gasteiger partial charge is 0.321 e. The van der Waals surface area contributed by atoms with Crippen LogP contribution < -0.4 is 10.0 Å². The van der Waals surface area contributed by atoms with Gasteiger partial charge >= 0.3 is 5.97 Å². The van der Waals surface area contributed by atoms with Gasteiger partial charge in [-0.25, -0.2) is 13.1 Å². The van der Waals surface area contributed by atoms with Gasteiger partial charge < -0.3 is 10.1 Å². The molecule has 138 valence electrons. The van der Waals surface area contributed by atoms with Crippen molar-refractivity contribution in [3.63, 3.8) is 0 Å². The highest BCUT2D eigenvalue weighted by atomic mass is 32.2. The molecule has 0 saturated heterocycles. The van der Waals surface area contributed by atoms with Crippen molar-refractivity contribution in [3.05, 3.63) is 41.3 Å². The summed E-state index contributed by atoms with van der Waals surface area (Å²) in [6, 6.07) is 8.87. The molecule has 7 nitrogen and oxygen atoms in total. The molecule has 2 N–H and O–H groups in total. The van der Waals surface area contributed by atoms with Crippen molar-refractivity contribution in [1.29, 1.82) is 0 Å². The van der Waals surface area contributed by atoms with E-state index in [1.165, 1.54) is 13.0 Å². The third-order valence-electron chi connectivity index (χ3n) is 2.83. The number of hydrogen-bond acceptors (Lipinski definition) is 5. The average Bonchev–Trinajstić information content (AvgIpc) is 2.51. The third kappa shape index (κ3) is 9.02. The molecule has 0 saturated carbocycles. The Bertz CT molecular complexity index is 721. The van der Waals surface area contributed by atoms with Gasteiger partial charge in [0, 0.05) is 10.9 Å². The van der Waals surface area contributed by atoms with Gasteiger partial charge in [-0.3, -0.25) is 9.59 Å². The average molecular weight is 368 g/mol. The van der Waals surface area contributed by atoms with E-state index >= 15 is 0 Å². The molecule has 1 atom stereocenters. The number of carbonyl (C=O) groups is 2. The van der Waals surface area contributed by atoms with Crippen LogP contribution in [-0.2, 0) is 24.3 Å². The number of benzene rings is 1. The molecule has 1 aromatic carbocycles. The summed E-state index contributed by atoms with van der Waals surface area (Å²) in [5.41, 5.74) is 0.254. The zero-order valence-electron chi connectivity index (χ0n) is 14.8. The Morgan fingerprint density at radius 2 is 1.80 bits per heavy atom. The first-order valence-electron chi connectivity index (χ1n) is 7.73. The lowest BCUT2D eigenvalue weighted by Crippen LogP contribution is -2.46. The van der Waals surface area contributed by atoms with E-state index in [4.69, 9.17) is 4.74 Å². The highest BCUT2D eigenvalue weighted by molar-refractivity contribution is 7.92. The van der Waals surface area contributed by atoms with Crippen LogP contribution in [0.25, 0.3) is 6.08 Å². The van der Waals surface area contributed by atoms with Crippen LogP contribution in [0.15, 0.2) is 35.7 Å². The molecule has 0 spiro atoms. The summed E-state index contributed by atoms with van der Waals surface area (Å²) in [6.07, 6.45) is 0.392. The SMILES string of the molecule is C[C@H](OC(=O)CNS(=O)(=O)/C=C/c1ccccc1)C(=O)NC(C)(C)C. The highest BCUT2D eigenvalue weighted by Gasteiger charge is 2.22. The summed E-state index contributed by atoms with van der Waals surface area (Å²) in [5, 5.41) is 3.63. The lowest BCUT2D eigenvalue weighted by atomic mass is 10.1. The zero-order chi connectivity index (χ0) is 19.1. The Kier molecular flexibility index (Phi) is 7.32. The van der Waals surface area contributed by atoms with E-state index in [1.807, 2.05) is 6.07 Å². The van der Waals surface area contributed by atoms with Gasteiger partial charge in [-0.1, -0.05) is 30.3 Å². The van der Waals surface area contributed by atoms with E-state index in [9.17, 15) is 18.0 Å². The molecule has 1 aromatic rings. The lowest BCUT2D eigenvalue weighted by molar-refractivity contribution is -0.154. The first kappa shape index (κ1) is 20.9. The van der Waals surface area contributed by atoms with Crippen molar-refractivity contribution >= 4 is 28.0 Å². The van der Waals surface area contributed by atoms with Crippen molar-refractivity contribution in [1.82, 2.24) is 10.0 Å². The van der Waals surface area contributed by atoms with Gasteiger partial charge in [0.15, 0.2) is 6.10 Å². The monoisotopic (exact) mass is 368 g/mol. The molecule has 1 amide bonds. The van der Waals surface area contributed by atoms with Crippen molar-refractivity contribution in [3.8, 4) is 0 Å². The van der Waals surface area contributed by atoms with Crippen LogP contribution in [0.4, 0.5) is 0 Å². The largest absolute Gasteiger partial charge is 0.452 e. The maximum Gasteiger partial charge on any atom is 0.321 e. The topological polar surface area (TPSA) is 102 Å². The Balaban J connectivity index is 2.49. The van der Waals surface area contributed by atoms with Gasteiger partial charge in [-0.05, 0) is 39.3 Å². The Labute approximate surface area is 148 Å². The number of nitrogens with one attached hydrogen (secondary N) is 2. The molecular weight excluding hydrogens is 344 g/mol. The second-order valence-electron chi connectivity index (χ2n) is 6.45. The van der Waals surface area contributed by atoms with E-state index < -0.39 is 40.1 Å². The summed E-state index contributed by atoms with van der Waals surface area (Å²) in [6.45, 7) is 6.25. The normalized spacial score (nSPS) is 13.4. The van der Waals surface area contributed by atoms with Crippen LogP contribution >= 0.6 is 0 Å². The van der Waals surface area contributed by atoms with Crippen LogP contribution in [0, 0.1) is 0 Å². The molecular formula is C17H24N2O5S. The second-order valence-corrected chi connectivity index (χ2v) is 8.10. The summed E-state index contributed by atoms with van der Waals surface area (Å²) in [7, 11) is -3.79. The fraction of sp³-hybridized carbons (Fsp3) is 0.412. The molecule has 0 heterocycles. The lowest BCUT2D eigenvalue weighted by Gasteiger charge is -2.23. The molecule has 0 aliphatic carbocycles. The predicted molar refractivity (Wildman–Crippen MR) is 95.8 cm³/mol.